The molecule has 2 nitrogen and oxygen atoms in total. The van der Waals surface area contributed by atoms with Crippen molar-refractivity contribution in [2.45, 2.75) is 19.1 Å². The minimum Gasteiger partial charge on any atom is -0.485 e. The van der Waals surface area contributed by atoms with E-state index >= 15 is 0 Å². The van der Waals surface area contributed by atoms with E-state index in [0.29, 0.717) is 0 Å². The second kappa shape index (κ2) is 4.46. The topological polar surface area (TPSA) is 29.5 Å². The molecule has 0 amide bonds. The van der Waals surface area contributed by atoms with Crippen molar-refractivity contribution >= 4 is 0 Å². The zero-order valence-corrected chi connectivity index (χ0v) is 10.3. The molecule has 0 saturated heterocycles. The quantitative estimate of drug-likeness (QED) is 0.826. The predicted molar refractivity (Wildman–Crippen MR) is 70.4 cm³/mol. The molecule has 2 aromatic rings. The molecule has 18 heavy (non-hydrogen) atoms. The van der Waals surface area contributed by atoms with E-state index < -0.39 is 6.10 Å². The third kappa shape index (κ3) is 1.79. The summed E-state index contributed by atoms with van der Waals surface area (Å²) in [5.74, 6) is 0.833. The third-order valence-corrected chi connectivity index (χ3v) is 3.60. The number of rotatable bonds is 1. The van der Waals surface area contributed by atoms with Crippen LogP contribution in [-0.2, 0) is 0 Å². The largest absolute Gasteiger partial charge is 0.485 e. The van der Waals surface area contributed by atoms with Crippen molar-refractivity contribution in [2.24, 2.45) is 5.92 Å². The lowest BCUT2D eigenvalue weighted by molar-refractivity contribution is 0.00765. The van der Waals surface area contributed by atoms with Gasteiger partial charge in [0.1, 0.15) is 11.9 Å². The summed E-state index contributed by atoms with van der Waals surface area (Å²) < 4.78 is 6.04. The number of para-hydroxylation sites is 1. The Hall–Kier alpha value is -1.80. The monoisotopic (exact) mass is 240 g/mol. The summed E-state index contributed by atoms with van der Waals surface area (Å²) in [7, 11) is 0. The molecule has 3 atom stereocenters. The van der Waals surface area contributed by atoms with Gasteiger partial charge in [-0.25, -0.2) is 0 Å². The average molecular weight is 240 g/mol. The van der Waals surface area contributed by atoms with Gasteiger partial charge in [0.15, 0.2) is 0 Å². The van der Waals surface area contributed by atoms with Gasteiger partial charge in [-0.3, -0.25) is 0 Å². The Balaban J connectivity index is 2.01. The standard InChI is InChI=1S/C16H16O2/c1-11-15(17)13-9-5-6-10-14(13)18-16(11)12-7-3-2-4-8-12/h2-11,15-17H,1H3. The van der Waals surface area contributed by atoms with Gasteiger partial charge in [0, 0.05) is 11.5 Å². The summed E-state index contributed by atoms with van der Waals surface area (Å²) in [6, 6.07) is 17.8. The zero-order chi connectivity index (χ0) is 12.5. The normalized spacial score (nSPS) is 26.2. The van der Waals surface area contributed by atoms with Gasteiger partial charge in [-0.1, -0.05) is 55.5 Å². The Morgan fingerprint density at radius 1 is 0.944 bits per heavy atom. The Morgan fingerprint density at radius 3 is 2.39 bits per heavy atom. The molecule has 1 aliphatic heterocycles. The first-order valence-electron chi connectivity index (χ1n) is 6.26. The van der Waals surface area contributed by atoms with Crippen LogP contribution in [0.25, 0.3) is 0 Å². The smallest absolute Gasteiger partial charge is 0.129 e. The van der Waals surface area contributed by atoms with Gasteiger partial charge in [-0.2, -0.15) is 0 Å². The highest BCUT2D eigenvalue weighted by molar-refractivity contribution is 5.39. The summed E-state index contributed by atoms with van der Waals surface area (Å²) in [4.78, 5) is 0. The van der Waals surface area contributed by atoms with Crippen molar-refractivity contribution in [1.82, 2.24) is 0 Å². The van der Waals surface area contributed by atoms with Crippen LogP contribution in [0, 0.1) is 5.92 Å². The van der Waals surface area contributed by atoms with E-state index in [1.165, 1.54) is 0 Å². The van der Waals surface area contributed by atoms with Crippen LogP contribution < -0.4 is 4.74 Å². The summed E-state index contributed by atoms with van der Waals surface area (Å²) >= 11 is 0. The highest BCUT2D eigenvalue weighted by Crippen LogP contribution is 2.44. The van der Waals surface area contributed by atoms with Crippen LogP contribution in [0.15, 0.2) is 54.6 Å². The number of aliphatic hydroxyl groups is 1. The Bertz CT molecular complexity index is 536. The molecule has 0 aliphatic carbocycles. The zero-order valence-electron chi connectivity index (χ0n) is 10.3. The summed E-state index contributed by atoms with van der Waals surface area (Å²) in [6.45, 7) is 2.03. The van der Waals surface area contributed by atoms with E-state index in [1.54, 1.807) is 0 Å². The van der Waals surface area contributed by atoms with Gasteiger partial charge in [0.25, 0.3) is 0 Å². The number of fused-ring (bicyclic) bond motifs is 1. The third-order valence-electron chi connectivity index (χ3n) is 3.60. The Kier molecular flexibility index (Phi) is 2.80. The fourth-order valence-electron chi connectivity index (χ4n) is 2.54. The molecule has 0 spiro atoms. The molecule has 92 valence electrons. The summed E-state index contributed by atoms with van der Waals surface area (Å²) in [6.07, 6.45) is -0.559. The van der Waals surface area contributed by atoms with E-state index in [-0.39, 0.29) is 12.0 Å². The first-order chi connectivity index (χ1) is 8.77. The van der Waals surface area contributed by atoms with E-state index in [4.69, 9.17) is 4.74 Å². The van der Waals surface area contributed by atoms with Crippen molar-refractivity contribution in [3.05, 3.63) is 65.7 Å². The molecule has 2 aromatic carbocycles. The number of hydrogen-bond acceptors (Lipinski definition) is 2. The maximum Gasteiger partial charge on any atom is 0.129 e. The van der Waals surface area contributed by atoms with Gasteiger partial charge in [-0.15, -0.1) is 0 Å². The van der Waals surface area contributed by atoms with E-state index in [1.807, 2.05) is 61.5 Å². The number of aliphatic hydroxyl groups excluding tert-OH is 1. The van der Waals surface area contributed by atoms with E-state index in [9.17, 15) is 5.11 Å². The van der Waals surface area contributed by atoms with Gasteiger partial charge >= 0.3 is 0 Å². The molecule has 0 radical (unpaired) electrons. The molecule has 0 bridgehead atoms. The molecule has 3 rings (SSSR count). The minimum absolute atomic E-state index is 0.0438. The van der Waals surface area contributed by atoms with Gasteiger partial charge < -0.3 is 9.84 Å². The lowest BCUT2D eigenvalue weighted by Gasteiger charge is -2.35. The van der Waals surface area contributed by atoms with E-state index in [2.05, 4.69) is 0 Å². The average Bonchev–Trinajstić information content (AvgIpc) is 2.44. The number of ether oxygens (including phenoxy) is 1. The van der Waals surface area contributed by atoms with Gasteiger partial charge in [-0.05, 0) is 11.6 Å². The summed E-state index contributed by atoms with van der Waals surface area (Å²) in [5.41, 5.74) is 2.00. The lowest BCUT2D eigenvalue weighted by Crippen LogP contribution is -2.27. The number of benzene rings is 2. The molecule has 2 heteroatoms. The van der Waals surface area contributed by atoms with Crippen LogP contribution in [0.1, 0.15) is 30.3 Å². The van der Waals surface area contributed by atoms with Gasteiger partial charge in [0.2, 0.25) is 0 Å². The first kappa shape index (κ1) is 11.3. The Morgan fingerprint density at radius 2 is 1.61 bits per heavy atom. The van der Waals surface area contributed by atoms with Crippen LogP contribution in [0.5, 0.6) is 5.75 Å². The molecular formula is C16H16O2. The van der Waals surface area contributed by atoms with Crippen LogP contribution in [0.2, 0.25) is 0 Å². The van der Waals surface area contributed by atoms with Crippen molar-refractivity contribution < 1.29 is 9.84 Å². The van der Waals surface area contributed by atoms with E-state index in [0.717, 1.165) is 16.9 Å². The van der Waals surface area contributed by atoms with Crippen LogP contribution in [-0.4, -0.2) is 5.11 Å². The SMILES string of the molecule is CC1C(O)c2ccccc2OC1c1ccccc1. The molecule has 1 N–H and O–H groups in total. The second-order valence-electron chi connectivity index (χ2n) is 4.79. The first-order valence-corrected chi connectivity index (χ1v) is 6.26. The fourth-order valence-corrected chi connectivity index (χ4v) is 2.54. The molecule has 0 aromatic heterocycles. The Labute approximate surface area is 107 Å². The molecule has 3 unspecified atom stereocenters. The second-order valence-corrected chi connectivity index (χ2v) is 4.79. The number of hydrogen-bond donors (Lipinski definition) is 1. The fraction of sp³-hybridized carbons (Fsp3) is 0.250. The lowest BCUT2D eigenvalue weighted by atomic mass is 9.86. The van der Waals surface area contributed by atoms with Crippen molar-refractivity contribution in [3.8, 4) is 5.75 Å². The highest BCUT2D eigenvalue weighted by atomic mass is 16.5. The van der Waals surface area contributed by atoms with Crippen molar-refractivity contribution in [2.75, 3.05) is 0 Å². The molecule has 1 aliphatic rings. The predicted octanol–water partition coefficient (Wildman–Crippen LogP) is 3.49. The van der Waals surface area contributed by atoms with Crippen molar-refractivity contribution in [1.29, 1.82) is 0 Å². The minimum atomic E-state index is -0.472. The summed E-state index contributed by atoms with van der Waals surface area (Å²) in [5, 5.41) is 10.4. The maximum absolute atomic E-state index is 10.4. The van der Waals surface area contributed by atoms with Crippen molar-refractivity contribution in [3.63, 3.8) is 0 Å². The highest BCUT2D eigenvalue weighted by Gasteiger charge is 2.34. The molecule has 0 fully saturated rings. The van der Waals surface area contributed by atoms with Crippen LogP contribution >= 0.6 is 0 Å². The molecule has 1 heterocycles. The maximum atomic E-state index is 10.4. The molecular weight excluding hydrogens is 224 g/mol. The molecule has 0 saturated carbocycles. The van der Waals surface area contributed by atoms with Gasteiger partial charge in [0.05, 0.1) is 6.10 Å². The van der Waals surface area contributed by atoms with Crippen LogP contribution in [0.3, 0.4) is 0 Å². The van der Waals surface area contributed by atoms with Crippen LogP contribution in [0.4, 0.5) is 0 Å².